The summed E-state index contributed by atoms with van der Waals surface area (Å²) < 4.78 is 118. The fourth-order valence-electron chi connectivity index (χ4n) is 7.08. The largest absolute Gasteiger partial charge is 0.478 e. The molecule has 2 aliphatic carbocycles. The molecule has 27 heteroatoms. The van der Waals surface area contributed by atoms with Crippen LogP contribution in [0.1, 0.15) is 63.0 Å². The van der Waals surface area contributed by atoms with Gasteiger partial charge in [-0.15, -0.1) is 0 Å². The van der Waals surface area contributed by atoms with Gasteiger partial charge in [-0.1, -0.05) is 47.5 Å². The number of nitrogens with two attached hydrogens (primary N) is 1. The standard InChI is InChI=1S/C26H29ClF3N7O2.C21H17ClF3N5O3.C5H15N2/c1-37(2,3)15-14-31-21(38)17-4-10-20(11-5-17)32-22-33-23(35-24(34-22)39-16-26(28,29)30)36-25(12-13-25)18-6-8-19(27)9-7-18;22-14-5-3-13(4-6-14)20(9-10-20)30-18-27-17(28-19(29-18)33-11-21(23,24)25)26-15-7-1-12(2-8-15)16(31)32;1-7(2,3)5-4-6/h4-11H,12-16H2,1-3H3,(H2-,31,32,33,34,35,36,38);1-8H,9-11H2,(H,31,32)(H2,26,27,28,29,30);4-6H2,1-3H3/q;;+1/p+1/i16D2;11D2;. The molecule has 2 heterocycles. The topological polar surface area (TPSA) is 236 Å². The predicted molar refractivity (Wildman–Crippen MR) is 288 cm³/mol. The fraction of sp³-hybridized carbons (Fsp3) is 0.385. The van der Waals surface area contributed by atoms with Crippen molar-refractivity contribution in [2.75, 3.05) is 103 Å². The number of quaternary nitrogens is 2. The number of hydrogen-bond acceptors (Lipinski definition) is 15. The van der Waals surface area contributed by atoms with Gasteiger partial charge >= 0.3 is 30.3 Å². The lowest BCUT2D eigenvalue weighted by atomic mass is 10.1. The Labute approximate surface area is 468 Å². The highest BCUT2D eigenvalue weighted by Crippen LogP contribution is 2.49. The number of likely N-dealkylation sites (N-methyl/N-ethyl adjacent to an activating group) is 2. The second-order valence-electron chi connectivity index (χ2n) is 20.1. The number of amides is 1. The summed E-state index contributed by atoms with van der Waals surface area (Å²) in [5.41, 5.74) is 7.05. The van der Waals surface area contributed by atoms with Crippen LogP contribution in [0, 0.1) is 0 Å². The third kappa shape index (κ3) is 20.5. The first-order valence-corrected chi connectivity index (χ1v) is 24.9. The van der Waals surface area contributed by atoms with Gasteiger partial charge in [0.15, 0.2) is 13.1 Å². The molecule has 8 N–H and O–H groups in total. The Morgan fingerprint density at radius 2 is 0.962 bits per heavy atom. The number of carbonyl (C=O) groups is 2. The number of halogens is 8. The number of hydrogen-bond donors (Lipinski definition) is 7. The Balaban J connectivity index is 0.000000241. The van der Waals surface area contributed by atoms with Gasteiger partial charge in [0, 0.05) is 33.5 Å². The van der Waals surface area contributed by atoms with Crippen LogP contribution in [-0.4, -0.2) is 150 Å². The maximum absolute atomic E-state index is 13.2. The maximum atomic E-state index is 13.2. The van der Waals surface area contributed by atoms with Crippen LogP contribution in [0.5, 0.6) is 12.0 Å². The fourth-order valence-corrected chi connectivity index (χ4v) is 7.33. The van der Waals surface area contributed by atoms with Gasteiger partial charge in [0.1, 0.15) is 0 Å². The molecule has 6 aromatic rings. The molecule has 2 aliphatic rings. The van der Waals surface area contributed by atoms with Gasteiger partial charge in [0.25, 0.3) is 5.91 Å². The van der Waals surface area contributed by atoms with E-state index in [2.05, 4.69) is 87.1 Å². The normalized spacial score (nSPS) is 15.3. The highest BCUT2D eigenvalue weighted by Gasteiger charge is 2.46. The monoisotopic (exact) mass is 1150 g/mol. The minimum atomic E-state index is -5.34. The van der Waals surface area contributed by atoms with Crippen molar-refractivity contribution in [1.82, 2.24) is 35.2 Å². The molecule has 424 valence electrons. The molecule has 0 saturated heterocycles. The van der Waals surface area contributed by atoms with E-state index in [1.54, 1.807) is 60.7 Å². The molecule has 0 radical (unpaired) electrons. The van der Waals surface area contributed by atoms with Crippen LogP contribution in [0.15, 0.2) is 97.1 Å². The first-order chi connectivity index (χ1) is 38.5. The van der Waals surface area contributed by atoms with Gasteiger partial charge in [0.2, 0.25) is 23.8 Å². The van der Waals surface area contributed by atoms with Crippen LogP contribution >= 0.6 is 23.2 Å². The van der Waals surface area contributed by atoms with E-state index in [4.69, 9.17) is 39.5 Å². The third-order valence-corrected chi connectivity index (χ3v) is 11.9. The Bertz CT molecular complexity index is 3170. The van der Waals surface area contributed by atoms with Crippen LogP contribution in [-0.2, 0) is 11.1 Å². The van der Waals surface area contributed by atoms with Gasteiger partial charge in [-0.05, 0) is 110 Å². The van der Waals surface area contributed by atoms with Crippen molar-refractivity contribution in [2.24, 2.45) is 5.73 Å². The van der Waals surface area contributed by atoms with E-state index in [0.717, 1.165) is 35.2 Å². The summed E-state index contributed by atoms with van der Waals surface area (Å²) in [5, 5.41) is 24.7. The smallest absolute Gasteiger partial charge is 0.422 e. The Hall–Kier alpha value is -7.32. The number of ether oxygens (including phenoxy) is 2. The molecule has 1 amide bonds. The number of rotatable bonds is 21. The van der Waals surface area contributed by atoms with Crippen LogP contribution < -0.4 is 41.8 Å². The maximum Gasteiger partial charge on any atom is 0.422 e. The highest BCUT2D eigenvalue weighted by atomic mass is 35.5. The zero-order valence-electron chi connectivity index (χ0n) is 47.7. The number of aromatic nitrogens is 6. The van der Waals surface area contributed by atoms with Crippen molar-refractivity contribution in [3.8, 4) is 12.0 Å². The van der Waals surface area contributed by atoms with E-state index in [0.29, 0.717) is 63.7 Å². The first-order valence-electron chi connectivity index (χ1n) is 26.2. The number of anilines is 6. The van der Waals surface area contributed by atoms with Gasteiger partial charge in [-0.25, -0.2) is 4.79 Å². The molecule has 4 aromatic carbocycles. The van der Waals surface area contributed by atoms with Crippen molar-refractivity contribution >= 4 is 70.2 Å². The van der Waals surface area contributed by atoms with Crippen molar-refractivity contribution in [2.45, 2.75) is 49.1 Å². The minimum Gasteiger partial charge on any atom is -0.478 e. The summed E-state index contributed by atoms with van der Waals surface area (Å²) >= 11 is 11.9. The predicted octanol–water partition coefficient (Wildman–Crippen LogP) is 9.41. The lowest BCUT2D eigenvalue weighted by molar-refractivity contribution is -0.869. The third-order valence-electron chi connectivity index (χ3n) is 11.4. The molecule has 0 bridgehead atoms. The van der Waals surface area contributed by atoms with E-state index < -0.39 is 54.5 Å². The van der Waals surface area contributed by atoms with Gasteiger partial charge in [-0.2, -0.15) is 56.2 Å². The van der Waals surface area contributed by atoms with E-state index in [1.165, 1.54) is 24.3 Å². The Morgan fingerprint density at radius 3 is 1.28 bits per heavy atom. The number of nitrogens with one attached hydrogen (secondary N) is 5. The molecule has 19 nitrogen and oxygen atoms in total. The number of carbonyl (C=O) groups excluding carboxylic acids is 1. The zero-order valence-corrected chi connectivity index (χ0v) is 45.2. The van der Waals surface area contributed by atoms with Crippen LogP contribution in [0.3, 0.4) is 0 Å². The molecule has 79 heavy (non-hydrogen) atoms. The average molecular weight is 1150 g/mol. The minimum absolute atomic E-state index is 0.0228. The van der Waals surface area contributed by atoms with E-state index in [9.17, 15) is 35.9 Å². The SMILES string of the molecule is C[N+](C)(C)CCN.[2H]C([2H])(Oc1nc(Nc2ccc(C(=O)NCC[N+](C)(C)C)cc2)nc(NC2(c3ccc(Cl)cc3)CC2)n1)C(F)(F)F.[2H]C([2H])(Oc1nc(Nc2ccc(C(=O)O)cc2)nc(NC2(c3ccc(Cl)cc3)CC2)n1)C(F)(F)F. The van der Waals surface area contributed by atoms with E-state index in [-0.39, 0.29) is 35.3 Å². The molecule has 0 atom stereocenters. The van der Waals surface area contributed by atoms with Gasteiger partial charge < -0.3 is 55.9 Å². The number of carboxylic acids is 1. The molecular weight excluding hydrogens is 1090 g/mol. The summed E-state index contributed by atoms with van der Waals surface area (Å²) in [6.07, 6.45) is -7.92. The van der Waals surface area contributed by atoms with Gasteiger partial charge in [0.05, 0.1) is 84.0 Å². The van der Waals surface area contributed by atoms with Crippen molar-refractivity contribution in [3.05, 3.63) is 129 Å². The number of nitrogens with zero attached hydrogens (tertiary/aromatic N) is 8. The summed E-state index contributed by atoms with van der Waals surface area (Å²) in [6, 6.07) is 24.1. The molecule has 0 aliphatic heterocycles. The van der Waals surface area contributed by atoms with Crippen LogP contribution in [0.25, 0.3) is 0 Å². The summed E-state index contributed by atoms with van der Waals surface area (Å²) in [7, 11) is 12.5. The zero-order chi connectivity index (χ0) is 61.4. The molecule has 2 saturated carbocycles. The van der Waals surface area contributed by atoms with Crippen LogP contribution in [0.2, 0.25) is 10.0 Å². The van der Waals surface area contributed by atoms with Gasteiger partial charge in [-0.3, -0.25) is 4.79 Å². The summed E-state index contributed by atoms with van der Waals surface area (Å²) in [5.74, 6) is -2.09. The number of benzene rings is 4. The second kappa shape index (κ2) is 25.6. The molecule has 0 unspecified atom stereocenters. The number of aromatic carboxylic acids is 1. The molecule has 8 rings (SSSR count). The highest BCUT2D eigenvalue weighted by molar-refractivity contribution is 6.30. The summed E-state index contributed by atoms with van der Waals surface area (Å²) in [6.45, 7) is -5.02. The average Bonchev–Trinajstić information content (AvgIpc) is 4.01. The number of carboxylic acid groups (broad SMARTS) is 1. The lowest BCUT2D eigenvalue weighted by Gasteiger charge is -2.23. The lowest BCUT2D eigenvalue weighted by Crippen LogP contribution is -2.41. The Kier molecular flexibility index (Phi) is 17.9. The van der Waals surface area contributed by atoms with Crippen LogP contribution in [0.4, 0.5) is 61.5 Å². The van der Waals surface area contributed by atoms with E-state index in [1.807, 2.05) is 33.3 Å². The first kappa shape index (κ1) is 55.0. The molecular formula is C52H62Cl2F6N14O5+2. The molecule has 2 aromatic heterocycles. The Morgan fingerprint density at radius 1 is 0.595 bits per heavy atom. The quantitative estimate of drug-likeness (QED) is 0.0263. The van der Waals surface area contributed by atoms with Crippen molar-refractivity contribution in [1.29, 1.82) is 0 Å². The second-order valence-corrected chi connectivity index (χ2v) is 21.0. The van der Waals surface area contributed by atoms with Crippen molar-refractivity contribution < 1.29 is 65.0 Å². The molecule has 0 spiro atoms. The van der Waals surface area contributed by atoms with Crippen molar-refractivity contribution in [3.63, 3.8) is 0 Å². The number of alkyl halides is 6. The summed E-state index contributed by atoms with van der Waals surface area (Å²) in [4.78, 5) is 47.3. The molecule has 2 fully saturated rings. The van der Waals surface area contributed by atoms with E-state index >= 15 is 0 Å².